The van der Waals surface area contributed by atoms with Crippen LogP contribution in [0, 0.1) is 0 Å². The summed E-state index contributed by atoms with van der Waals surface area (Å²) >= 11 is 0. The lowest BCUT2D eigenvalue weighted by Crippen LogP contribution is -2.18. The highest BCUT2D eigenvalue weighted by molar-refractivity contribution is 5.38. The van der Waals surface area contributed by atoms with E-state index >= 15 is 0 Å². The summed E-state index contributed by atoms with van der Waals surface area (Å²) in [5.74, 6) is 0.950. The predicted octanol–water partition coefficient (Wildman–Crippen LogP) is 2.16. The first-order valence-corrected chi connectivity index (χ1v) is 5.61. The Bertz CT molecular complexity index is 326. The normalized spacial score (nSPS) is 12.5. The molecule has 3 nitrogen and oxygen atoms in total. The molecule has 0 saturated carbocycles. The molecule has 0 saturated heterocycles. The largest absolute Gasteiger partial charge is 0.496 e. The molecule has 90 valence electrons. The zero-order chi connectivity index (χ0) is 12.0. The standard InChI is InChI=1S/C13H21NO2/c1-5-10-8-11(6-7-12(10)15-3)13(16-4)9-14-2/h6-8,13-14H,5,9H2,1-4H3. The molecule has 0 aliphatic rings. The van der Waals surface area contributed by atoms with Crippen LogP contribution in [0.1, 0.15) is 24.2 Å². The number of nitrogens with one attached hydrogen (secondary N) is 1. The van der Waals surface area contributed by atoms with E-state index in [0.29, 0.717) is 0 Å². The lowest BCUT2D eigenvalue weighted by molar-refractivity contribution is 0.104. The van der Waals surface area contributed by atoms with E-state index in [-0.39, 0.29) is 6.10 Å². The van der Waals surface area contributed by atoms with E-state index < -0.39 is 0 Å². The van der Waals surface area contributed by atoms with Crippen molar-refractivity contribution in [3.05, 3.63) is 29.3 Å². The van der Waals surface area contributed by atoms with Crippen LogP contribution in [0.2, 0.25) is 0 Å². The molecule has 0 heterocycles. The molecule has 1 aromatic carbocycles. The fraction of sp³-hybridized carbons (Fsp3) is 0.538. The Morgan fingerprint density at radius 3 is 2.56 bits per heavy atom. The van der Waals surface area contributed by atoms with Crippen molar-refractivity contribution < 1.29 is 9.47 Å². The van der Waals surface area contributed by atoms with E-state index in [4.69, 9.17) is 9.47 Å². The first-order chi connectivity index (χ1) is 7.76. The highest BCUT2D eigenvalue weighted by Crippen LogP contribution is 2.24. The Balaban J connectivity index is 2.96. The summed E-state index contributed by atoms with van der Waals surface area (Å²) in [6.07, 6.45) is 1.06. The van der Waals surface area contributed by atoms with Gasteiger partial charge in [-0.05, 0) is 36.7 Å². The van der Waals surface area contributed by atoms with Gasteiger partial charge in [-0.2, -0.15) is 0 Å². The molecular weight excluding hydrogens is 202 g/mol. The van der Waals surface area contributed by atoms with Crippen LogP contribution in [-0.4, -0.2) is 27.8 Å². The molecule has 0 amide bonds. The molecule has 3 heteroatoms. The van der Waals surface area contributed by atoms with E-state index in [0.717, 1.165) is 18.7 Å². The second-order valence-corrected chi connectivity index (χ2v) is 3.71. The molecule has 16 heavy (non-hydrogen) atoms. The van der Waals surface area contributed by atoms with Gasteiger partial charge in [0, 0.05) is 13.7 Å². The van der Waals surface area contributed by atoms with Crippen LogP contribution in [-0.2, 0) is 11.2 Å². The van der Waals surface area contributed by atoms with Crippen molar-refractivity contribution in [3.8, 4) is 5.75 Å². The third-order valence-corrected chi connectivity index (χ3v) is 2.73. The summed E-state index contributed by atoms with van der Waals surface area (Å²) in [4.78, 5) is 0. The van der Waals surface area contributed by atoms with Gasteiger partial charge in [0.15, 0.2) is 0 Å². The summed E-state index contributed by atoms with van der Waals surface area (Å²) < 4.78 is 10.8. The van der Waals surface area contributed by atoms with Gasteiger partial charge in [-0.1, -0.05) is 13.0 Å². The Morgan fingerprint density at radius 2 is 2.06 bits per heavy atom. The lowest BCUT2D eigenvalue weighted by Gasteiger charge is -2.17. The minimum atomic E-state index is 0.0983. The highest BCUT2D eigenvalue weighted by Gasteiger charge is 2.11. The molecule has 0 bridgehead atoms. The fourth-order valence-electron chi connectivity index (χ4n) is 1.80. The Labute approximate surface area is 97.8 Å². The molecule has 1 rings (SSSR count). The van der Waals surface area contributed by atoms with Crippen LogP contribution in [0.4, 0.5) is 0 Å². The van der Waals surface area contributed by atoms with Gasteiger partial charge in [0.25, 0.3) is 0 Å². The molecule has 1 N–H and O–H groups in total. The Hall–Kier alpha value is -1.06. The maximum absolute atomic E-state index is 5.45. The molecular formula is C13H21NO2. The fourth-order valence-corrected chi connectivity index (χ4v) is 1.80. The molecule has 0 aliphatic heterocycles. The van der Waals surface area contributed by atoms with Crippen LogP contribution in [0.25, 0.3) is 0 Å². The highest BCUT2D eigenvalue weighted by atomic mass is 16.5. The van der Waals surface area contributed by atoms with Crippen molar-refractivity contribution in [2.75, 3.05) is 27.8 Å². The number of rotatable bonds is 6. The van der Waals surface area contributed by atoms with Gasteiger partial charge in [0.05, 0.1) is 13.2 Å². The SMILES string of the molecule is CCc1cc(C(CNC)OC)ccc1OC. The first-order valence-electron chi connectivity index (χ1n) is 5.61. The third kappa shape index (κ3) is 2.97. The number of hydrogen-bond acceptors (Lipinski definition) is 3. The number of hydrogen-bond donors (Lipinski definition) is 1. The molecule has 0 spiro atoms. The number of likely N-dealkylation sites (N-methyl/N-ethyl adjacent to an activating group) is 1. The maximum atomic E-state index is 5.45. The maximum Gasteiger partial charge on any atom is 0.122 e. The van der Waals surface area contributed by atoms with Crippen molar-refractivity contribution in [1.29, 1.82) is 0 Å². The molecule has 0 aromatic heterocycles. The number of ether oxygens (including phenoxy) is 2. The predicted molar refractivity (Wildman–Crippen MR) is 66.0 cm³/mol. The Kier molecular flexibility index (Phi) is 5.29. The van der Waals surface area contributed by atoms with E-state index in [1.165, 1.54) is 11.1 Å². The van der Waals surface area contributed by atoms with Crippen LogP contribution in [0.3, 0.4) is 0 Å². The summed E-state index contributed by atoms with van der Waals surface area (Å²) in [7, 11) is 5.36. The summed E-state index contributed by atoms with van der Waals surface area (Å²) in [6.45, 7) is 2.94. The summed E-state index contributed by atoms with van der Waals surface area (Å²) in [6, 6.07) is 6.23. The monoisotopic (exact) mass is 223 g/mol. The number of methoxy groups -OCH3 is 2. The van der Waals surface area contributed by atoms with Crippen LogP contribution < -0.4 is 10.1 Å². The van der Waals surface area contributed by atoms with Crippen molar-refractivity contribution in [2.24, 2.45) is 0 Å². The van der Waals surface area contributed by atoms with E-state index in [2.05, 4.69) is 24.4 Å². The average molecular weight is 223 g/mol. The van der Waals surface area contributed by atoms with Crippen molar-refractivity contribution in [2.45, 2.75) is 19.4 Å². The second-order valence-electron chi connectivity index (χ2n) is 3.71. The van der Waals surface area contributed by atoms with Crippen molar-refractivity contribution in [3.63, 3.8) is 0 Å². The third-order valence-electron chi connectivity index (χ3n) is 2.73. The van der Waals surface area contributed by atoms with E-state index in [1.54, 1.807) is 14.2 Å². The zero-order valence-electron chi connectivity index (χ0n) is 10.5. The van der Waals surface area contributed by atoms with Crippen LogP contribution >= 0.6 is 0 Å². The number of benzene rings is 1. The summed E-state index contributed by atoms with van der Waals surface area (Å²) in [5.41, 5.74) is 2.41. The minimum absolute atomic E-state index is 0.0983. The number of aryl methyl sites for hydroxylation is 1. The van der Waals surface area contributed by atoms with Gasteiger partial charge < -0.3 is 14.8 Å². The molecule has 0 radical (unpaired) electrons. The Morgan fingerprint density at radius 1 is 1.31 bits per heavy atom. The average Bonchev–Trinajstić information content (AvgIpc) is 2.35. The zero-order valence-corrected chi connectivity index (χ0v) is 10.5. The van der Waals surface area contributed by atoms with E-state index in [9.17, 15) is 0 Å². The molecule has 0 fully saturated rings. The van der Waals surface area contributed by atoms with E-state index in [1.807, 2.05) is 13.1 Å². The van der Waals surface area contributed by atoms with Crippen LogP contribution in [0.15, 0.2) is 18.2 Å². The van der Waals surface area contributed by atoms with Gasteiger partial charge in [0.1, 0.15) is 5.75 Å². The molecule has 0 aliphatic carbocycles. The van der Waals surface area contributed by atoms with Crippen molar-refractivity contribution >= 4 is 0 Å². The smallest absolute Gasteiger partial charge is 0.122 e. The van der Waals surface area contributed by atoms with Gasteiger partial charge in [-0.3, -0.25) is 0 Å². The second kappa shape index (κ2) is 6.51. The molecule has 1 atom stereocenters. The summed E-state index contributed by atoms with van der Waals surface area (Å²) in [5, 5.41) is 3.13. The van der Waals surface area contributed by atoms with Gasteiger partial charge in [-0.25, -0.2) is 0 Å². The first kappa shape index (κ1) is 13.0. The minimum Gasteiger partial charge on any atom is -0.496 e. The van der Waals surface area contributed by atoms with Gasteiger partial charge >= 0.3 is 0 Å². The molecule has 1 unspecified atom stereocenters. The van der Waals surface area contributed by atoms with Gasteiger partial charge in [-0.15, -0.1) is 0 Å². The molecule has 1 aromatic rings. The van der Waals surface area contributed by atoms with Crippen molar-refractivity contribution in [1.82, 2.24) is 5.32 Å². The topological polar surface area (TPSA) is 30.5 Å². The lowest BCUT2D eigenvalue weighted by atomic mass is 10.0. The van der Waals surface area contributed by atoms with Crippen LogP contribution in [0.5, 0.6) is 5.75 Å². The van der Waals surface area contributed by atoms with Gasteiger partial charge in [0.2, 0.25) is 0 Å². The quantitative estimate of drug-likeness (QED) is 0.801.